The first kappa shape index (κ1) is 14.4. The van der Waals surface area contributed by atoms with Crippen molar-refractivity contribution >= 4 is 43.1 Å². The largest absolute Gasteiger partial charge is 0.326 e. The number of nitrogens with zero attached hydrogens (tertiary/aromatic N) is 1. The Labute approximate surface area is 124 Å². The van der Waals surface area contributed by atoms with Gasteiger partial charge in [0.05, 0.1) is 0 Å². The molecule has 5 nitrogen and oxygen atoms in total. The fourth-order valence-corrected chi connectivity index (χ4v) is 4.16. The van der Waals surface area contributed by atoms with Gasteiger partial charge in [-0.05, 0) is 46.6 Å². The second-order valence-electron chi connectivity index (χ2n) is 3.84. The van der Waals surface area contributed by atoms with E-state index in [-0.39, 0.29) is 10.0 Å². The van der Waals surface area contributed by atoms with Crippen molar-refractivity contribution in [1.29, 1.82) is 0 Å². The molecule has 8 heteroatoms. The maximum atomic E-state index is 12.2. The number of nitrogens with one attached hydrogen (secondary N) is 1. The van der Waals surface area contributed by atoms with E-state index in [9.17, 15) is 8.42 Å². The molecule has 2 aromatic heterocycles. The van der Waals surface area contributed by atoms with Crippen molar-refractivity contribution in [3.05, 3.63) is 39.3 Å². The predicted octanol–water partition coefficient (Wildman–Crippen LogP) is 2.47. The fourth-order valence-electron chi connectivity index (χ4n) is 1.45. The van der Waals surface area contributed by atoms with Gasteiger partial charge in [-0.15, -0.1) is 11.3 Å². The molecule has 0 bridgehead atoms. The lowest BCUT2D eigenvalue weighted by atomic mass is 10.3. The zero-order valence-electron chi connectivity index (χ0n) is 10.1. The van der Waals surface area contributed by atoms with Gasteiger partial charge in [0.2, 0.25) is 0 Å². The quantitative estimate of drug-likeness (QED) is 0.875. The Balaban J connectivity index is 2.29. The molecule has 0 aliphatic carbocycles. The molecule has 0 aromatic carbocycles. The van der Waals surface area contributed by atoms with E-state index >= 15 is 0 Å². The minimum Gasteiger partial charge on any atom is -0.326 e. The summed E-state index contributed by atoms with van der Waals surface area (Å²) in [5.41, 5.74) is 6.44. The van der Waals surface area contributed by atoms with Crippen LogP contribution in [0.15, 0.2) is 33.1 Å². The zero-order valence-corrected chi connectivity index (χ0v) is 13.3. The number of rotatable bonds is 4. The molecule has 2 aromatic rings. The molecule has 2 heterocycles. The van der Waals surface area contributed by atoms with Gasteiger partial charge < -0.3 is 5.73 Å². The molecule has 19 heavy (non-hydrogen) atoms. The number of hydrogen-bond donors (Lipinski definition) is 2. The van der Waals surface area contributed by atoms with E-state index in [1.165, 1.54) is 17.5 Å². The van der Waals surface area contributed by atoms with E-state index in [4.69, 9.17) is 5.73 Å². The van der Waals surface area contributed by atoms with E-state index < -0.39 is 10.0 Å². The lowest BCUT2D eigenvalue weighted by molar-refractivity contribution is 0.603. The second kappa shape index (κ2) is 5.58. The average molecular weight is 362 g/mol. The van der Waals surface area contributed by atoms with Crippen LogP contribution in [0.2, 0.25) is 0 Å². The number of anilines is 1. The molecule has 0 spiro atoms. The SMILES string of the molecule is Cc1cc(S(=O)(=O)Nc2ccc(Br)cn2)sc1CN. The Morgan fingerprint density at radius 3 is 2.74 bits per heavy atom. The van der Waals surface area contributed by atoms with Crippen molar-refractivity contribution in [1.82, 2.24) is 4.98 Å². The van der Waals surface area contributed by atoms with Crippen molar-refractivity contribution in [2.24, 2.45) is 5.73 Å². The predicted molar refractivity (Wildman–Crippen MR) is 79.7 cm³/mol. The van der Waals surface area contributed by atoms with Crippen LogP contribution in [0.25, 0.3) is 0 Å². The second-order valence-corrected chi connectivity index (χ2v) is 7.80. The molecule has 0 amide bonds. The molecule has 0 saturated heterocycles. The summed E-state index contributed by atoms with van der Waals surface area (Å²) < 4.78 is 27.8. The average Bonchev–Trinajstić information content (AvgIpc) is 2.74. The number of nitrogens with two attached hydrogens (primary N) is 1. The smallest absolute Gasteiger partial charge is 0.272 e. The summed E-state index contributed by atoms with van der Waals surface area (Å²) in [6.07, 6.45) is 1.53. The summed E-state index contributed by atoms with van der Waals surface area (Å²) in [5, 5.41) is 0. The third kappa shape index (κ3) is 3.33. The van der Waals surface area contributed by atoms with E-state index in [0.29, 0.717) is 6.54 Å². The van der Waals surface area contributed by atoms with Crippen molar-refractivity contribution in [3.63, 3.8) is 0 Å². The molecule has 0 radical (unpaired) electrons. The highest BCUT2D eigenvalue weighted by Gasteiger charge is 2.19. The highest BCUT2D eigenvalue weighted by atomic mass is 79.9. The fraction of sp³-hybridized carbons (Fsp3) is 0.182. The summed E-state index contributed by atoms with van der Waals surface area (Å²) in [5.74, 6) is 0.281. The van der Waals surface area contributed by atoms with Gasteiger partial charge in [0.25, 0.3) is 10.0 Å². The van der Waals surface area contributed by atoms with Crippen molar-refractivity contribution in [2.75, 3.05) is 4.72 Å². The summed E-state index contributed by atoms with van der Waals surface area (Å²) >= 11 is 4.42. The molecule has 2 rings (SSSR count). The molecule has 0 atom stereocenters. The molecule has 0 aliphatic heterocycles. The van der Waals surface area contributed by atoms with Crippen LogP contribution in [-0.4, -0.2) is 13.4 Å². The number of aryl methyl sites for hydroxylation is 1. The molecule has 102 valence electrons. The van der Waals surface area contributed by atoms with E-state index in [2.05, 4.69) is 25.6 Å². The Bertz CT molecular complexity index is 680. The number of aromatic nitrogens is 1. The van der Waals surface area contributed by atoms with Crippen molar-refractivity contribution < 1.29 is 8.42 Å². The lowest BCUT2D eigenvalue weighted by Crippen LogP contribution is -2.12. The van der Waals surface area contributed by atoms with Gasteiger partial charge >= 0.3 is 0 Å². The first-order valence-electron chi connectivity index (χ1n) is 5.36. The van der Waals surface area contributed by atoms with Gasteiger partial charge in [-0.2, -0.15) is 0 Å². The Morgan fingerprint density at radius 2 is 2.21 bits per heavy atom. The minimum absolute atomic E-state index is 0.246. The molecule has 0 fully saturated rings. The van der Waals surface area contributed by atoms with Gasteiger partial charge in [0.15, 0.2) is 0 Å². The van der Waals surface area contributed by atoms with Crippen LogP contribution in [0.1, 0.15) is 10.4 Å². The topological polar surface area (TPSA) is 85.1 Å². The van der Waals surface area contributed by atoms with Crippen LogP contribution in [0, 0.1) is 6.92 Å². The van der Waals surface area contributed by atoms with Crippen LogP contribution in [0.3, 0.4) is 0 Å². The molecule has 0 aliphatic rings. The van der Waals surface area contributed by atoms with Crippen molar-refractivity contribution in [2.45, 2.75) is 17.7 Å². The molecule has 0 saturated carbocycles. The van der Waals surface area contributed by atoms with Crippen LogP contribution in [-0.2, 0) is 16.6 Å². The van der Waals surface area contributed by atoms with Crippen LogP contribution >= 0.6 is 27.3 Å². The van der Waals surface area contributed by atoms with Gasteiger partial charge in [-0.3, -0.25) is 4.72 Å². The maximum Gasteiger partial charge on any atom is 0.272 e. The highest BCUT2D eigenvalue weighted by Crippen LogP contribution is 2.27. The van der Waals surface area contributed by atoms with Crippen LogP contribution in [0.5, 0.6) is 0 Å². The monoisotopic (exact) mass is 361 g/mol. The number of halogens is 1. The summed E-state index contributed by atoms with van der Waals surface area (Å²) in [6, 6.07) is 4.93. The summed E-state index contributed by atoms with van der Waals surface area (Å²) in [7, 11) is -3.60. The highest BCUT2D eigenvalue weighted by molar-refractivity contribution is 9.10. The van der Waals surface area contributed by atoms with E-state index in [1.807, 2.05) is 6.92 Å². The molecule has 3 N–H and O–H groups in total. The zero-order chi connectivity index (χ0) is 14.0. The van der Waals surface area contributed by atoms with Crippen molar-refractivity contribution in [3.8, 4) is 0 Å². The lowest BCUT2D eigenvalue weighted by Gasteiger charge is -2.04. The number of sulfonamides is 1. The third-order valence-electron chi connectivity index (χ3n) is 2.41. The van der Waals surface area contributed by atoms with Gasteiger partial charge in [0, 0.05) is 22.1 Å². The van der Waals surface area contributed by atoms with Crippen LogP contribution in [0.4, 0.5) is 5.82 Å². The number of pyridine rings is 1. The maximum absolute atomic E-state index is 12.2. The summed E-state index contributed by atoms with van der Waals surface area (Å²) in [4.78, 5) is 4.85. The van der Waals surface area contributed by atoms with E-state index in [0.717, 1.165) is 14.9 Å². The Kier molecular flexibility index (Phi) is 4.24. The third-order valence-corrected chi connectivity index (χ3v) is 5.97. The van der Waals surface area contributed by atoms with Gasteiger partial charge in [0.1, 0.15) is 10.0 Å². The summed E-state index contributed by atoms with van der Waals surface area (Å²) in [6.45, 7) is 2.18. The molecular formula is C11H12BrN3O2S2. The van der Waals surface area contributed by atoms with Gasteiger partial charge in [-0.1, -0.05) is 0 Å². The normalized spacial score (nSPS) is 11.5. The minimum atomic E-state index is -3.60. The number of hydrogen-bond acceptors (Lipinski definition) is 5. The van der Waals surface area contributed by atoms with Gasteiger partial charge in [-0.25, -0.2) is 13.4 Å². The van der Waals surface area contributed by atoms with Crippen LogP contribution < -0.4 is 10.5 Å². The molecule has 0 unspecified atom stereocenters. The first-order valence-corrected chi connectivity index (χ1v) is 8.45. The number of thiophene rings is 1. The Hall–Kier alpha value is -0.960. The van der Waals surface area contributed by atoms with E-state index in [1.54, 1.807) is 18.2 Å². The Morgan fingerprint density at radius 1 is 1.47 bits per heavy atom. The first-order chi connectivity index (χ1) is 8.92. The molecular weight excluding hydrogens is 350 g/mol. The standard InChI is InChI=1S/C11H12BrN3O2S2/c1-7-4-11(18-9(7)5-13)19(16,17)15-10-3-2-8(12)6-14-10/h2-4,6H,5,13H2,1H3,(H,14,15).